The zero-order valence-electron chi connectivity index (χ0n) is 11.9. The molecule has 0 radical (unpaired) electrons. The summed E-state index contributed by atoms with van der Waals surface area (Å²) in [6.45, 7) is 0. The van der Waals surface area contributed by atoms with Crippen LogP contribution in [0.4, 0.5) is 0 Å². The fraction of sp³-hybridized carbons (Fsp3) is 0. The van der Waals surface area contributed by atoms with Crippen LogP contribution in [0.15, 0.2) is 65.2 Å². The smallest absolute Gasteiger partial charge is 0.273 e. The van der Waals surface area contributed by atoms with Crippen LogP contribution in [0.2, 0.25) is 0 Å². The molecule has 6 nitrogen and oxygen atoms in total. The molecule has 0 fully saturated rings. The molecule has 0 N–H and O–H groups in total. The first-order valence-corrected chi connectivity index (χ1v) is 6.95. The second kappa shape index (κ2) is 4.48. The normalized spacial score (nSPS) is 11.5. The zero-order chi connectivity index (χ0) is 17.2. The SMILES string of the molecule is O=c1c(=O)c2ccc(-c3ccc4c(=O)c(=O)c(=O)c4c3)cc2c1=O. The van der Waals surface area contributed by atoms with E-state index in [-0.39, 0.29) is 21.5 Å². The molecule has 0 spiro atoms. The molecule has 114 valence electrons. The average Bonchev–Trinajstić information content (AvgIpc) is 2.95. The van der Waals surface area contributed by atoms with Crippen molar-refractivity contribution in [2.45, 2.75) is 0 Å². The van der Waals surface area contributed by atoms with Gasteiger partial charge in [0.05, 0.1) is 0 Å². The van der Waals surface area contributed by atoms with Crippen molar-refractivity contribution in [3.8, 4) is 11.1 Å². The fourth-order valence-electron chi connectivity index (χ4n) is 2.91. The molecule has 0 aliphatic rings. The van der Waals surface area contributed by atoms with Crippen LogP contribution in [0.5, 0.6) is 0 Å². The standard InChI is InChI=1S/C18H6O6/c19-13-9-3-1-7(5-11(9)15(21)17(13)23)8-2-4-10-12(6-8)16(22)18(24)14(10)20/h1-6H. The Balaban J connectivity index is 2.06. The van der Waals surface area contributed by atoms with Gasteiger partial charge >= 0.3 is 0 Å². The quantitative estimate of drug-likeness (QED) is 0.441. The van der Waals surface area contributed by atoms with Crippen molar-refractivity contribution in [3.63, 3.8) is 0 Å². The summed E-state index contributed by atoms with van der Waals surface area (Å²) in [7, 11) is 0. The van der Waals surface area contributed by atoms with Crippen molar-refractivity contribution < 1.29 is 0 Å². The molecule has 0 saturated carbocycles. The summed E-state index contributed by atoms with van der Waals surface area (Å²) in [5.41, 5.74) is -4.54. The molecule has 0 aliphatic carbocycles. The third kappa shape index (κ3) is 1.65. The molecule has 6 heteroatoms. The van der Waals surface area contributed by atoms with Crippen molar-refractivity contribution in [2.75, 3.05) is 0 Å². The van der Waals surface area contributed by atoms with Gasteiger partial charge in [0.1, 0.15) is 0 Å². The third-order valence-electron chi connectivity index (χ3n) is 4.18. The monoisotopic (exact) mass is 318 g/mol. The maximum absolute atomic E-state index is 11.8. The maximum Gasteiger partial charge on any atom is 0.273 e. The molecule has 0 saturated heterocycles. The van der Waals surface area contributed by atoms with Crippen LogP contribution < -0.4 is 32.6 Å². The lowest BCUT2D eigenvalue weighted by Crippen LogP contribution is -2.29. The van der Waals surface area contributed by atoms with Crippen LogP contribution in [0, 0.1) is 0 Å². The lowest BCUT2D eigenvalue weighted by molar-refractivity contribution is 1.55. The molecule has 0 aliphatic heterocycles. The van der Waals surface area contributed by atoms with Gasteiger partial charge in [0, 0.05) is 21.5 Å². The van der Waals surface area contributed by atoms with E-state index in [1.807, 2.05) is 0 Å². The highest BCUT2D eigenvalue weighted by Crippen LogP contribution is 2.23. The fourth-order valence-corrected chi connectivity index (χ4v) is 2.91. The zero-order valence-corrected chi connectivity index (χ0v) is 11.9. The maximum atomic E-state index is 11.8. The minimum Gasteiger partial charge on any atom is -0.285 e. The van der Waals surface area contributed by atoms with Gasteiger partial charge in [-0.25, -0.2) is 0 Å². The summed E-state index contributed by atoms with van der Waals surface area (Å²) in [5, 5.41) is 0.135. The van der Waals surface area contributed by atoms with E-state index in [1.165, 1.54) is 36.4 Å². The van der Waals surface area contributed by atoms with E-state index in [2.05, 4.69) is 0 Å². The summed E-state index contributed by atoms with van der Waals surface area (Å²) in [6.07, 6.45) is 0. The second-order valence-electron chi connectivity index (χ2n) is 5.50. The van der Waals surface area contributed by atoms with Gasteiger partial charge in [-0.1, -0.05) is 12.1 Å². The Bertz CT molecular complexity index is 1340. The van der Waals surface area contributed by atoms with Crippen molar-refractivity contribution in [3.05, 3.63) is 97.7 Å². The van der Waals surface area contributed by atoms with Gasteiger partial charge in [-0.05, 0) is 35.4 Å². The highest BCUT2D eigenvalue weighted by Gasteiger charge is 2.15. The summed E-state index contributed by atoms with van der Waals surface area (Å²) in [6, 6.07) is 8.61. The molecule has 0 heterocycles. The van der Waals surface area contributed by atoms with Crippen LogP contribution in [-0.2, 0) is 0 Å². The first-order valence-electron chi connectivity index (χ1n) is 6.95. The summed E-state index contributed by atoms with van der Waals surface area (Å²) < 4.78 is 0. The van der Waals surface area contributed by atoms with E-state index < -0.39 is 32.6 Å². The Morgan fingerprint density at radius 1 is 0.375 bits per heavy atom. The Kier molecular flexibility index (Phi) is 2.63. The van der Waals surface area contributed by atoms with Crippen LogP contribution in [0.3, 0.4) is 0 Å². The predicted octanol–water partition coefficient (Wildman–Crippen LogP) is -0.428. The van der Waals surface area contributed by atoms with Crippen LogP contribution >= 0.6 is 0 Å². The Morgan fingerprint density at radius 2 is 0.708 bits per heavy atom. The molecular formula is C18H6O6. The molecule has 0 aromatic heterocycles. The van der Waals surface area contributed by atoms with Gasteiger partial charge in [0.2, 0.25) is 21.7 Å². The van der Waals surface area contributed by atoms with E-state index in [0.29, 0.717) is 11.1 Å². The first kappa shape index (κ1) is 14.1. The number of benzene rings is 2. The van der Waals surface area contributed by atoms with E-state index >= 15 is 0 Å². The number of rotatable bonds is 1. The lowest BCUT2D eigenvalue weighted by Gasteiger charge is -2.01. The molecule has 0 amide bonds. The lowest BCUT2D eigenvalue weighted by atomic mass is 10.0. The van der Waals surface area contributed by atoms with Crippen molar-refractivity contribution >= 4 is 21.5 Å². The predicted molar refractivity (Wildman–Crippen MR) is 89.3 cm³/mol. The molecule has 0 bridgehead atoms. The number of hydrogen-bond donors (Lipinski definition) is 0. The Labute approximate surface area is 131 Å². The molecule has 4 rings (SSSR count). The van der Waals surface area contributed by atoms with Gasteiger partial charge < -0.3 is 0 Å². The highest BCUT2D eigenvalue weighted by atomic mass is 16.2. The van der Waals surface area contributed by atoms with E-state index in [0.717, 1.165) is 0 Å². The molecular weight excluding hydrogens is 312 g/mol. The van der Waals surface area contributed by atoms with Gasteiger partial charge in [0.25, 0.3) is 10.9 Å². The second-order valence-corrected chi connectivity index (χ2v) is 5.50. The minimum absolute atomic E-state index is 0.0153. The molecule has 0 atom stereocenters. The van der Waals surface area contributed by atoms with Crippen molar-refractivity contribution in [1.29, 1.82) is 0 Å². The van der Waals surface area contributed by atoms with Crippen LogP contribution in [-0.4, -0.2) is 0 Å². The van der Waals surface area contributed by atoms with Crippen LogP contribution in [0.25, 0.3) is 32.7 Å². The number of fused-ring (bicyclic) bond motifs is 2. The largest absolute Gasteiger partial charge is 0.285 e. The van der Waals surface area contributed by atoms with Gasteiger partial charge in [-0.2, -0.15) is 0 Å². The Hall–Kier alpha value is -3.54. The Morgan fingerprint density at radius 3 is 1.08 bits per heavy atom. The first-order chi connectivity index (χ1) is 11.4. The van der Waals surface area contributed by atoms with E-state index in [4.69, 9.17) is 0 Å². The van der Waals surface area contributed by atoms with Gasteiger partial charge in [0.15, 0.2) is 0 Å². The minimum atomic E-state index is -1.07. The van der Waals surface area contributed by atoms with Gasteiger partial charge in [-0.15, -0.1) is 0 Å². The molecule has 4 aromatic carbocycles. The van der Waals surface area contributed by atoms with Crippen molar-refractivity contribution in [2.24, 2.45) is 0 Å². The average molecular weight is 318 g/mol. The van der Waals surface area contributed by atoms with Crippen LogP contribution in [0.1, 0.15) is 0 Å². The molecule has 4 aromatic rings. The van der Waals surface area contributed by atoms with Gasteiger partial charge in [-0.3, -0.25) is 28.8 Å². The highest BCUT2D eigenvalue weighted by molar-refractivity contribution is 5.92. The summed E-state index contributed by atoms with van der Waals surface area (Å²) in [5.74, 6) is 0. The van der Waals surface area contributed by atoms with E-state index in [9.17, 15) is 28.8 Å². The number of hydrogen-bond acceptors (Lipinski definition) is 6. The summed E-state index contributed by atoms with van der Waals surface area (Å²) >= 11 is 0. The topological polar surface area (TPSA) is 102 Å². The van der Waals surface area contributed by atoms with E-state index in [1.54, 1.807) is 0 Å². The summed E-state index contributed by atoms with van der Waals surface area (Å²) in [4.78, 5) is 69.8. The third-order valence-corrected chi connectivity index (χ3v) is 4.18. The molecule has 0 unspecified atom stereocenters. The van der Waals surface area contributed by atoms with Crippen molar-refractivity contribution in [1.82, 2.24) is 0 Å². The molecule has 24 heavy (non-hydrogen) atoms.